The van der Waals surface area contributed by atoms with E-state index < -0.39 is 17.7 Å². The lowest BCUT2D eigenvalue weighted by Gasteiger charge is -2.26. The smallest absolute Gasteiger partial charge is 0.300 e. The van der Waals surface area contributed by atoms with Crippen LogP contribution < -0.4 is 14.4 Å². The van der Waals surface area contributed by atoms with Crippen LogP contribution in [-0.4, -0.2) is 29.5 Å². The van der Waals surface area contributed by atoms with Crippen molar-refractivity contribution < 1.29 is 24.2 Å². The molecule has 0 saturated carbocycles. The fraction of sp³-hybridized carbons (Fsp3) is 0.312. The highest BCUT2D eigenvalue weighted by molar-refractivity contribution is 6.51. The van der Waals surface area contributed by atoms with Gasteiger partial charge in [0.25, 0.3) is 11.7 Å². The number of hydrogen-bond acceptors (Lipinski definition) is 5. The minimum atomic E-state index is -0.791. The molecular weight excluding hydrogens is 478 g/mol. The van der Waals surface area contributed by atoms with Gasteiger partial charge in [0.2, 0.25) is 0 Å². The zero-order chi connectivity index (χ0) is 27.6. The molecule has 38 heavy (non-hydrogen) atoms. The maximum Gasteiger partial charge on any atom is 0.300 e. The van der Waals surface area contributed by atoms with Crippen LogP contribution in [0, 0.1) is 6.92 Å². The van der Waals surface area contributed by atoms with Crippen molar-refractivity contribution in [3.63, 3.8) is 0 Å². The number of amides is 1. The van der Waals surface area contributed by atoms with E-state index in [1.807, 2.05) is 52.0 Å². The van der Waals surface area contributed by atoms with Gasteiger partial charge in [-0.15, -0.1) is 0 Å². The number of ketones is 1. The summed E-state index contributed by atoms with van der Waals surface area (Å²) in [4.78, 5) is 28.4. The number of aliphatic hydroxyl groups excluding tert-OH is 1. The van der Waals surface area contributed by atoms with Crippen LogP contribution in [-0.2, 0) is 9.59 Å². The molecular formula is C32H35NO5. The largest absolute Gasteiger partial charge is 0.507 e. The monoisotopic (exact) mass is 513 g/mol. The van der Waals surface area contributed by atoms with E-state index in [4.69, 9.17) is 9.47 Å². The van der Waals surface area contributed by atoms with Crippen molar-refractivity contribution in [2.45, 2.75) is 59.6 Å². The van der Waals surface area contributed by atoms with Gasteiger partial charge >= 0.3 is 0 Å². The lowest BCUT2D eigenvalue weighted by atomic mass is 9.92. The first-order valence-corrected chi connectivity index (χ1v) is 13.0. The molecule has 3 aromatic rings. The topological polar surface area (TPSA) is 76.1 Å². The SMILES string of the molecule is CCOc1ccc(N2C(=O)C(=O)/C(=C(\O)c3ccc(OC(C)C)c(C)c3)C2c2ccc(C(C)C)cc2)cc1. The first-order chi connectivity index (χ1) is 18.1. The maximum absolute atomic E-state index is 13.5. The fourth-order valence-electron chi connectivity index (χ4n) is 4.69. The van der Waals surface area contributed by atoms with E-state index in [-0.39, 0.29) is 17.4 Å². The summed E-state index contributed by atoms with van der Waals surface area (Å²) >= 11 is 0. The highest BCUT2D eigenvalue weighted by atomic mass is 16.5. The second-order valence-corrected chi connectivity index (χ2v) is 10.1. The molecule has 1 aliphatic rings. The molecule has 1 saturated heterocycles. The van der Waals surface area contributed by atoms with Crippen LogP contribution in [0.2, 0.25) is 0 Å². The number of benzene rings is 3. The Kier molecular flexibility index (Phi) is 7.91. The van der Waals surface area contributed by atoms with Crippen LogP contribution in [0.3, 0.4) is 0 Å². The summed E-state index contributed by atoms with van der Waals surface area (Å²) in [5.41, 5.74) is 3.75. The molecule has 1 amide bonds. The summed E-state index contributed by atoms with van der Waals surface area (Å²) in [6.45, 7) is 12.4. The number of aryl methyl sites for hydroxylation is 1. The van der Waals surface area contributed by atoms with Crippen molar-refractivity contribution in [3.05, 3.63) is 94.6 Å². The quantitative estimate of drug-likeness (QED) is 0.201. The second kappa shape index (κ2) is 11.1. The number of ether oxygens (including phenoxy) is 2. The third kappa shape index (κ3) is 5.30. The molecule has 1 atom stereocenters. The van der Waals surface area contributed by atoms with E-state index in [0.717, 1.165) is 16.7 Å². The number of anilines is 1. The summed E-state index contributed by atoms with van der Waals surface area (Å²) < 4.78 is 11.4. The van der Waals surface area contributed by atoms with Crippen LogP contribution in [0.15, 0.2) is 72.3 Å². The molecule has 6 nitrogen and oxygen atoms in total. The number of carbonyl (C=O) groups excluding carboxylic acids is 2. The zero-order valence-electron chi connectivity index (χ0n) is 22.8. The highest BCUT2D eigenvalue weighted by Gasteiger charge is 2.47. The van der Waals surface area contributed by atoms with Crippen LogP contribution in [0.1, 0.15) is 68.8 Å². The van der Waals surface area contributed by atoms with Gasteiger partial charge in [-0.1, -0.05) is 38.1 Å². The molecule has 0 spiro atoms. The number of Topliss-reactive ketones (excluding diaryl/α,β-unsaturated/α-hetero) is 1. The van der Waals surface area contributed by atoms with E-state index in [0.29, 0.717) is 35.3 Å². The van der Waals surface area contributed by atoms with Gasteiger partial charge in [-0.3, -0.25) is 14.5 Å². The average Bonchev–Trinajstić information content (AvgIpc) is 3.15. The standard InChI is InChI=1S/C32H35NO5/c1-7-37-26-15-13-25(14-16-26)33-29(23-10-8-22(9-11-23)19(2)3)28(31(35)32(33)36)30(34)24-12-17-27(21(6)18-24)38-20(4)5/h8-20,29,34H,7H2,1-6H3/b30-28-. The van der Waals surface area contributed by atoms with Crippen LogP contribution >= 0.6 is 0 Å². The molecule has 1 fully saturated rings. The van der Waals surface area contributed by atoms with Crippen molar-refractivity contribution in [2.75, 3.05) is 11.5 Å². The van der Waals surface area contributed by atoms with E-state index in [2.05, 4.69) is 13.8 Å². The third-order valence-electron chi connectivity index (χ3n) is 6.60. The molecule has 1 N–H and O–H groups in total. The van der Waals surface area contributed by atoms with Crippen molar-refractivity contribution in [1.29, 1.82) is 0 Å². The minimum Gasteiger partial charge on any atom is -0.507 e. The molecule has 1 unspecified atom stereocenters. The highest BCUT2D eigenvalue weighted by Crippen LogP contribution is 2.43. The Morgan fingerprint density at radius 3 is 2.16 bits per heavy atom. The van der Waals surface area contributed by atoms with Crippen LogP contribution in [0.4, 0.5) is 5.69 Å². The van der Waals surface area contributed by atoms with Crippen LogP contribution in [0.5, 0.6) is 11.5 Å². The van der Waals surface area contributed by atoms with E-state index in [1.165, 1.54) is 4.90 Å². The third-order valence-corrected chi connectivity index (χ3v) is 6.60. The number of carbonyl (C=O) groups is 2. The van der Waals surface area contributed by atoms with Gasteiger partial charge in [0.1, 0.15) is 17.3 Å². The summed E-state index contributed by atoms with van der Waals surface area (Å²) in [6, 6.07) is 19.4. The fourth-order valence-corrected chi connectivity index (χ4v) is 4.69. The molecule has 198 valence electrons. The average molecular weight is 514 g/mol. The normalized spacial score (nSPS) is 16.9. The Bertz CT molecular complexity index is 1350. The molecule has 0 aliphatic carbocycles. The summed E-state index contributed by atoms with van der Waals surface area (Å²) in [7, 11) is 0. The van der Waals surface area contributed by atoms with Gasteiger partial charge in [0, 0.05) is 11.3 Å². The van der Waals surface area contributed by atoms with Gasteiger partial charge in [-0.05, 0) is 92.8 Å². The van der Waals surface area contributed by atoms with Gasteiger partial charge < -0.3 is 14.6 Å². The van der Waals surface area contributed by atoms with E-state index in [1.54, 1.807) is 42.5 Å². The zero-order valence-corrected chi connectivity index (χ0v) is 22.8. The number of aliphatic hydroxyl groups is 1. The van der Waals surface area contributed by atoms with Crippen LogP contribution in [0.25, 0.3) is 5.76 Å². The summed E-state index contributed by atoms with van der Waals surface area (Å²) in [6.07, 6.45) is 0.00129. The summed E-state index contributed by atoms with van der Waals surface area (Å²) in [5.74, 6) is 0.0710. The molecule has 1 heterocycles. The maximum atomic E-state index is 13.5. The van der Waals surface area contributed by atoms with Crippen molar-refractivity contribution in [2.24, 2.45) is 0 Å². The van der Waals surface area contributed by atoms with E-state index >= 15 is 0 Å². The molecule has 4 rings (SSSR count). The lowest BCUT2D eigenvalue weighted by molar-refractivity contribution is -0.132. The van der Waals surface area contributed by atoms with Gasteiger partial charge in [-0.2, -0.15) is 0 Å². The molecule has 0 bridgehead atoms. The minimum absolute atomic E-state index is 0.00129. The number of nitrogens with zero attached hydrogens (tertiary/aromatic N) is 1. The first kappa shape index (κ1) is 27.0. The Morgan fingerprint density at radius 2 is 1.61 bits per heavy atom. The van der Waals surface area contributed by atoms with E-state index in [9.17, 15) is 14.7 Å². The lowest BCUT2D eigenvalue weighted by Crippen LogP contribution is -2.29. The predicted octanol–water partition coefficient (Wildman–Crippen LogP) is 6.93. The molecule has 0 aromatic heterocycles. The molecule has 1 aliphatic heterocycles. The Hall–Kier alpha value is -4.06. The van der Waals surface area contributed by atoms with Gasteiger partial charge in [-0.25, -0.2) is 0 Å². The summed E-state index contributed by atoms with van der Waals surface area (Å²) in [5, 5.41) is 11.5. The van der Waals surface area contributed by atoms with Crippen molar-refractivity contribution in [3.8, 4) is 11.5 Å². The molecule has 3 aromatic carbocycles. The predicted molar refractivity (Wildman–Crippen MR) is 150 cm³/mol. The molecule has 6 heteroatoms. The Morgan fingerprint density at radius 1 is 0.947 bits per heavy atom. The number of hydrogen-bond donors (Lipinski definition) is 1. The Balaban J connectivity index is 1.86. The van der Waals surface area contributed by atoms with Crippen molar-refractivity contribution >= 4 is 23.1 Å². The molecule has 0 radical (unpaired) electrons. The number of rotatable bonds is 8. The van der Waals surface area contributed by atoms with Gasteiger partial charge in [0.15, 0.2) is 0 Å². The Labute approximate surface area is 224 Å². The second-order valence-electron chi connectivity index (χ2n) is 10.1. The van der Waals surface area contributed by atoms with Crippen molar-refractivity contribution in [1.82, 2.24) is 0 Å². The first-order valence-electron chi connectivity index (χ1n) is 13.0. The van der Waals surface area contributed by atoms with Gasteiger partial charge in [0.05, 0.1) is 24.3 Å².